The molecule has 6 heteroatoms. The molecule has 1 amide bonds. The van der Waals surface area contributed by atoms with Crippen molar-refractivity contribution in [1.82, 2.24) is 10.3 Å². The first kappa shape index (κ1) is 17.1. The van der Waals surface area contributed by atoms with Crippen molar-refractivity contribution in [3.8, 4) is 6.07 Å². The highest BCUT2D eigenvalue weighted by Crippen LogP contribution is 2.22. The van der Waals surface area contributed by atoms with Crippen LogP contribution in [0.1, 0.15) is 27.7 Å². The van der Waals surface area contributed by atoms with Crippen molar-refractivity contribution in [2.75, 3.05) is 7.05 Å². The quantitative estimate of drug-likeness (QED) is 0.717. The van der Waals surface area contributed by atoms with Gasteiger partial charge >= 0.3 is 0 Å². The summed E-state index contributed by atoms with van der Waals surface area (Å²) in [6, 6.07) is 15.8. The third-order valence-electron chi connectivity index (χ3n) is 3.81. The Bertz CT molecular complexity index is 993. The van der Waals surface area contributed by atoms with Gasteiger partial charge < -0.3 is 9.73 Å². The van der Waals surface area contributed by atoms with Crippen LogP contribution in [0.5, 0.6) is 0 Å². The lowest BCUT2D eigenvalue weighted by Crippen LogP contribution is -2.17. The monoisotopic (exact) mass is 345 g/mol. The highest BCUT2D eigenvalue weighted by atomic mass is 16.3. The topological polar surface area (TPSA) is 96.0 Å². The molecule has 26 heavy (non-hydrogen) atoms. The highest BCUT2D eigenvalue weighted by Gasteiger charge is 2.23. The molecule has 0 aliphatic rings. The molecule has 6 nitrogen and oxygen atoms in total. The van der Waals surface area contributed by atoms with Gasteiger partial charge in [0, 0.05) is 12.6 Å². The SMILES string of the molecule is CNC(=O)c1ccc(C=CC(=O)C(C#N)c2nc3ccccc3o2)cc1. The first-order valence-corrected chi connectivity index (χ1v) is 7.91. The maximum absolute atomic E-state index is 12.4. The van der Waals surface area contributed by atoms with Gasteiger partial charge in [-0.2, -0.15) is 5.26 Å². The molecule has 1 heterocycles. The molecule has 128 valence electrons. The first-order chi connectivity index (χ1) is 12.6. The molecule has 0 fully saturated rings. The van der Waals surface area contributed by atoms with Crippen LogP contribution in [0.15, 0.2) is 59.0 Å². The van der Waals surface area contributed by atoms with Crippen LogP contribution in [0.3, 0.4) is 0 Å². The molecule has 1 aromatic heterocycles. The molecule has 0 spiro atoms. The van der Waals surface area contributed by atoms with Crippen LogP contribution in [-0.2, 0) is 4.79 Å². The van der Waals surface area contributed by atoms with Crippen molar-refractivity contribution in [2.24, 2.45) is 0 Å². The van der Waals surface area contributed by atoms with E-state index in [1.54, 1.807) is 61.7 Å². The van der Waals surface area contributed by atoms with Gasteiger partial charge in [-0.1, -0.05) is 30.3 Å². The zero-order valence-corrected chi connectivity index (χ0v) is 14.0. The summed E-state index contributed by atoms with van der Waals surface area (Å²) in [5.74, 6) is -1.63. The number of allylic oxidation sites excluding steroid dienone is 1. The predicted octanol–water partition coefficient (Wildman–Crippen LogP) is 3.08. The summed E-state index contributed by atoms with van der Waals surface area (Å²) in [6.07, 6.45) is 2.90. The second kappa shape index (κ2) is 7.45. The van der Waals surface area contributed by atoms with E-state index < -0.39 is 11.7 Å². The number of amides is 1. The maximum atomic E-state index is 12.4. The van der Waals surface area contributed by atoms with E-state index in [2.05, 4.69) is 10.3 Å². The largest absolute Gasteiger partial charge is 0.439 e. The number of para-hydroxylation sites is 2. The Balaban J connectivity index is 1.77. The highest BCUT2D eigenvalue weighted by molar-refractivity contribution is 6.00. The van der Waals surface area contributed by atoms with Crippen molar-refractivity contribution in [3.63, 3.8) is 0 Å². The Hall–Kier alpha value is -3.72. The number of nitriles is 1. The molecule has 0 radical (unpaired) electrons. The van der Waals surface area contributed by atoms with Crippen LogP contribution < -0.4 is 5.32 Å². The van der Waals surface area contributed by atoms with E-state index in [-0.39, 0.29) is 11.8 Å². The zero-order valence-electron chi connectivity index (χ0n) is 14.0. The van der Waals surface area contributed by atoms with Crippen LogP contribution in [0.2, 0.25) is 0 Å². The fourth-order valence-electron chi connectivity index (χ4n) is 2.42. The van der Waals surface area contributed by atoms with E-state index in [4.69, 9.17) is 4.42 Å². The average Bonchev–Trinajstić information content (AvgIpc) is 3.10. The van der Waals surface area contributed by atoms with Crippen molar-refractivity contribution < 1.29 is 14.0 Å². The van der Waals surface area contributed by atoms with Crippen LogP contribution >= 0.6 is 0 Å². The molecule has 1 N–H and O–H groups in total. The van der Waals surface area contributed by atoms with E-state index in [1.165, 1.54) is 6.08 Å². The Labute approximate surface area is 149 Å². The second-order valence-electron chi connectivity index (χ2n) is 5.52. The maximum Gasteiger partial charge on any atom is 0.251 e. The van der Waals surface area contributed by atoms with Gasteiger partial charge in [0.15, 0.2) is 17.3 Å². The van der Waals surface area contributed by atoms with Gasteiger partial charge in [-0.05, 0) is 35.9 Å². The molecule has 1 atom stereocenters. The van der Waals surface area contributed by atoms with Crippen molar-refractivity contribution in [1.29, 1.82) is 5.26 Å². The standard InChI is InChI=1S/C20H15N3O3/c1-22-19(25)14-9-6-13(7-10-14)8-11-17(24)15(12-21)20-23-16-4-2-3-5-18(16)26-20/h2-11,15H,1H3,(H,22,25). The Morgan fingerprint density at radius 1 is 1.19 bits per heavy atom. The van der Waals surface area contributed by atoms with Gasteiger partial charge in [0.1, 0.15) is 5.52 Å². The number of nitrogens with one attached hydrogen (secondary N) is 1. The zero-order chi connectivity index (χ0) is 18.5. The summed E-state index contributed by atoms with van der Waals surface area (Å²) in [5.41, 5.74) is 2.39. The van der Waals surface area contributed by atoms with E-state index in [9.17, 15) is 14.9 Å². The predicted molar refractivity (Wildman–Crippen MR) is 96.2 cm³/mol. The molecular weight excluding hydrogens is 330 g/mol. The van der Waals surface area contributed by atoms with Gasteiger partial charge in [-0.15, -0.1) is 0 Å². The molecule has 3 aromatic rings. The lowest BCUT2D eigenvalue weighted by Gasteiger charge is -2.01. The fraction of sp³-hybridized carbons (Fsp3) is 0.100. The third kappa shape index (κ3) is 3.52. The van der Waals surface area contributed by atoms with Crippen molar-refractivity contribution in [3.05, 3.63) is 71.6 Å². The van der Waals surface area contributed by atoms with E-state index in [1.807, 2.05) is 6.07 Å². The number of benzene rings is 2. The van der Waals surface area contributed by atoms with Crippen LogP contribution in [0.25, 0.3) is 17.2 Å². The van der Waals surface area contributed by atoms with E-state index in [0.29, 0.717) is 16.7 Å². The number of ketones is 1. The Kier molecular flexibility index (Phi) is 4.90. The Morgan fingerprint density at radius 3 is 2.58 bits per heavy atom. The van der Waals surface area contributed by atoms with Gasteiger partial charge in [-0.3, -0.25) is 9.59 Å². The molecule has 0 saturated heterocycles. The fourth-order valence-corrected chi connectivity index (χ4v) is 2.42. The van der Waals surface area contributed by atoms with E-state index >= 15 is 0 Å². The number of aromatic nitrogens is 1. The summed E-state index contributed by atoms with van der Waals surface area (Å²) in [7, 11) is 1.56. The average molecular weight is 345 g/mol. The van der Waals surface area contributed by atoms with Crippen LogP contribution in [0.4, 0.5) is 0 Å². The van der Waals surface area contributed by atoms with Gasteiger partial charge in [0.2, 0.25) is 5.89 Å². The number of oxazole rings is 1. The number of carbonyl (C=O) groups is 2. The summed E-state index contributed by atoms with van der Waals surface area (Å²) in [6.45, 7) is 0. The minimum Gasteiger partial charge on any atom is -0.439 e. The minimum atomic E-state index is -1.11. The summed E-state index contributed by atoms with van der Waals surface area (Å²) < 4.78 is 5.52. The number of hydrogen-bond acceptors (Lipinski definition) is 5. The lowest BCUT2D eigenvalue weighted by atomic mass is 10.0. The molecule has 0 aliphatic carbocycles. The molecule has 0 bridgehead atoms. The minimum absolute atomic E-state index is 0.0818. The number of fused-ring (bicyclic) bond motifs is 1. The van der Waals surface area contributed by atoms with Crippen molar-refractivity contribution >= 4 is 28.9 Å². The van der Waals surface area contributed by atoms with Crippen molar-refractivity contribution in [2.45, 2.75) is 5.92 Å². The number of nitrogens with zero attached hydrogens (tertiary/aromatic N) is 2. The third-order valence-corrected chi connectivity index (χ3v) is 3.81. The molecule has 2 aromatic carbocycles. The number of rotatable bonds is 5. The smallest absolute Gasteiger partial charge is 0.251 e. The first-order valence-electron chi connectivity index (χ1n) is 7.91. The Morgan fingerprint density at radius 2 is 1.92 bits per heavy atom. The summed E-state index contributed by atoms with van der Waals surface area (Å²) >= 11 is 0. The molecule has 0 saturated carbocycles. The van der Waals surface area contributed by atoms with E-state index in [0.717, 1.165) is 5.56 Å². The molecule has 1 unspecified atom stereocenters. The summed E-state index contributed by atoms with van der Waals surface area (Å²) in [5, 5.41) is 11.9. The van der Waals surface area contributed by atoms with Gasteiger partial charge in [-0.25, -0.2) is 4.98 Å². The summed E-state index contributed by atoms with van der Waals surface area (Å²) in [4.78, 5) is 28.1. The second-order valence-corrected chi connectivity index (χ2v) is 5.52. The van der Waals surface area contributed by atoms with Crippen LogP contribution in [0, 0.1) is 11.3 Å². The molecular formula is C20H15N3O3. The normalized spacial score (nSPS) is 12.0. The lowest BCUT2D eigenvalue weighted by molar-refractivity contribution is -0.115. The number of carbonyl (C=O) groups excluding carboxylic acids is 2. The molecule has 0 aliphatic heterocycles. The van der Waals surface area contributed by atoms with Crippen LogP contribution in [-0.4, -0.2) is 23.7 Å². The number of hydrogen-bond donors (Lipinski definition) is 1. The molecule has 3 rings (SSSR count). The van der Waals surface area contributed by atoms with Gasteiger partial charge in [0.25, 0.3) is 5.91 Å². The van der Waals surface area contributed by atoms with Gasteiger partial charge in [0.05, 0.1) is 6.07 Å².